The number of hydrogen-bond donors (Lipinski definition) is 1. The molecule has 4 aromatic rings. The summed E-state index contributed by atoms with van der Waals surface area (Å²) in [6, 6.07) is 17.9. The van der Waals surface area contributed by atoms with Crippen molar-refractivity contribution in [3.63, 3.8) is 0 Å². The van der Waals surface area contributed by atoms with Crippen molar-refractivity contribution < 1.29 is 19.4 Å². The number of anilines is 2. The molecule has 0 saturated carbocycles. The second-order valence-corrected chi connectivity index (χ2v) is 11.3. The van der Waals surface area contributed by atoms with E-state index < -0.39 is 17.7 Å². The predicted molar refractivity (Wildman–Crippen MR) is 161 cm³/mol. The smallest absolute Gasteiger partial charge is 0.301 e. The van der Waals surface area contributed by atoms with Gasteiger partial charge in [-0.15, -0.1) is 0 Å². The van der Waals surface area contributed by atoms with Gasteiger partial charge in [0.05, 0.1) is 28.4 Å². The van der Waals surface area contributed by atoms with E-state index in [1.807, 2.05) is 75.3 Å². The lowest BCUT2D eigenvalue weighted by Gasteiger charge is -2.23. The number of benzene rings is 3. The molecule has 1 N–H and O–H groups in total. The fourth-order valence-electron chi connectivity index (χ4n) is 4.98. The van der Waals surface area contributed by atoms with Crippen molar-refractivity contribution in [1.82, 2.24) is 4.98 Å². The average Bonchev–Trinajstić information content (AvgIpc) is 3.47. The highest BCUT2D eigenvalue weighted by atomic mass is 32.1. The first-order chi connectivity index (χ1) is 19.2. The molecular formula is C32H33N3O4S. The minimum atomic E-state index is -0.845. The first-order valence-electron chi connectivity index (χ1n) is 13.4. The van der Waals surface area contributed by atoms with Crippen molar-refractivity contribution in [2.45, 2.75) is 39.7 Å². The van der Waals surface area contributed by atoms with Crippen LogP contribution >= 0.6 is 11.3 Å². The molecule has 1 fully saturated rings. The number of aromatic nitrogens is 1. The SMILES string of the molecule is CCCCOc1cccc(/C(O)=C2\C(=O)C(=O)N(c3nc4c(C)cc(C)cc4s3)C2c2ccc(N(C)C)cc2)c1. The molecule has 0 spiro atoms. The number of Topliss-reactive ketones (excluding diaryl/α,β-unsaturated/α-hetero) is 1. The molecule has 7 nitrogen and oxygen atoms in total. The number of aliphatic hydroxyl groups excluding tert-OH is 1. The molecule has 8 heteroatoms. The number of aliphatic hydroxyl groups is 1. The molecule has 1 aromatic heterocycles. The van der Waals surface area contributed by atoms with Crippen molar-refractivity contribution in [2.24, 2.45) is 0 Å². The van der Waals surface area contributed by atoms with E-state index in [2.05, 4.69) is 6.92 Å². The van der Waals surface area contributed by atoms with Gasteiger partial charge in [-0.3, -0.25) is 14.5 Å². The topological polar surface area (TPSA) is 83.0 Å². The molecule has 206 valence electrons. The first kappa shape index (κ1) is 27.4. The summed E-state index contributed by atoms with van der Waals surface area (Å²) in [5, 5.41) is 12.0. The molecule has 0 radical (unpaired) electrons. The highest BCUT2D eigenvalue weighted by Gasteiger charge is 2.48. The number of carbonyl (C=O) groups is 2. The summed E-state index contributed by atoms with van der Waals surface area (Å²) in [5.41, 5.74) is 5.02. The molecule has 1 unspecified atom stereocenters. The molecule has 1 atom stereocenters. The minimum Gasteiger partial charge on any atom is -0.507 e. The Hall–Kier alpha value is -4.17. The predicted octanol–water partition coefficient (Wildman–Crippen LogP) is 6.78. The molecular weight excluding hydrogens is 522 g/mol. The van der Waals surface area contributed by atoms with Crippen LogP contribution in [0.5, 0.6) is 5.75 Å². The van der Waals surface area contributed by atoms with Crippen LogP contribution < -0.4 is 14.5 Å². The average molecular weight is 556 g/mol. The Bertz CT molecular complexity index is 1620. The fraction of sp³-hybridized carbons (Fsp3) is 0.281. The molecule has 5 rings (SSSR count). The molecule has 40 heavy (non-hydrogen) atoms. The minimum absolute atomic E-state index is 0.0282. The number of carbonyl (C=O) groups excluding carboxylic acids is 2. The quantitative estimate of drug-likeness (QED) is 0.112. The van der Waals surface area contributed by atoms with Gasteiger partial charge in [-0.25, -0.2) is 4.98 Å². The number of amides is 1. The standard InChI is InChI=1S/C32H33N3O4S/c1-6-7-15-39-24-10-8-9-22(18-24)29(36)26-28(21-11-13-23(14-12-21)34(4)5)35(31(38)30(26)37)32-33-27-20(3)16-19(2)17-25(27)40-32/h8-14,16-18,28,36H,6-7,15H2,1-5H3/b29-26+. The van der Waals surface area contributed by atoms with Gasteiger partial charge in [0.15, 0.2) is 5.13 Å². The lowest BCUT2D eigenvalue weighted by atomic mass is 9.95. The van der Waals surface area contributed by atoms with Crippen LogP contribution in [0.15, 0.2) is 66.2 Å². The summed E-state index contributed by atoms with van der Waals surface area (Å²) in [6.45, 7) is 6.65. The highest BCUT2D eigenvalue weighted by molar-refractivity contribution is 7.22. The third kappa shape index (κ3) is 5.07. The number of aryl methyl sites for hydroxylation is 2. The normalized spacial score (nSPS) is 16.6. The van der Waals surface area contributed by atoms with E-state index in [9.17, 15) is 14.7 Å². The molecule has 1 aliphatic heterocycles. The Kier molecular flexibility index (Phi) is 7.63. The van der Waals surface area contributed by atoms with Crippen LogP contribution in [0.25, 0.3) is 16.0 Å². The lowest BCUT2D eigenvalue weighted by molar-refractivity contribution is -0.132. The first-order valence-corrected chi connectivity index (χ1v) is 14.2. The molecule has 0 aliphatic carbocycles. The largest absolute Gasteiger partial charge is 0.507 e. The lowest BCUT2D eigenvalue weighted by Crippen LogP contribution is -2.29. The Morgan fingerprint density at radius 2 is 1.82 bits per heavy atom. The summed E-state index contributed by atoms with van der Waals surface area (Å²) in [7, 11) is 3.89. The molecule has 1 amide bonds. The number of rotatable bonds is 8. The van der Waals surface area contributed by atoms with E-state index in [0.717, 1.165) is 39.9 Å². The van der Waals surface area contributed by atoms with Crippen LogP contribution in [0.2, 0.25) is 0 Å². The van der Waals surface area contributed by atoms with Crippen LogP contribution in [0.3, 0.4) is 0 Å². The number of thiazole rings is 1. The van der Waals surface area contributed by atoms with Gasteiger partial charge in [0.25, 0.3) is 5.78 Å². The molecule has 3 aromatic carbocycles. The maximum atomic E-state index is 13.6. The van der Waals surface area contributed by atoms with Crippen LogP contribution in [-0.4, -0.2) is 42.5 Å². The van der Waals surface area contributed by atoms with Crippen molar-refractivity contribution in [3.8, 4) is 5.75 Å². The second-order valence-electron chi connectivity index (χ2n) is 10.3. The molecule has 1 aliphatic rings. The Morgan fingerprint density at radius 1 is 1.07 bits per heavy atom. The van der Waals surface area contributed by atoms with E-state index in [4.69, 9.17) is 9.72 Å². The second kappa shape index (κ2) is 11.1. The summed E-state index contributed by atoms with van der Waals surface area (Å²) < 4.78 is 6.77. The van der Waals surface area contributed by atoms with Crippen molar-refractivity contribution in [1.29, 1.82) is 0 Å². The van der Waals surface area contributed by atoms with Gasteiger partial charge in [-0.05, 0) is 67.3 Å². The Balaban J connectivity index is 1.66. The Morgan fingerprint density at radius 3 is 2.52 bits per heavy atom. The maximum absolute atomic E-state index is 13.6. The van der Waals surface area contributed by atoms with E-state index >= 15 is 0 Å². The summed E-state index contributed by atoms with van der Waals surface area (Å²) >= 11 is 1.37. The summed E-state index contributed by atoms with van der Waals surface area (Å²) in [5.74, 6) is -1.11. The zero-order chi connectivity index (χ0) is 28.6. The van der Waals surface area contributed by atoms with Gasteiger partial charge in [-0.1, -0.05) is 55.0 Å². The number of unbranched alkanes of at least 4 members (excludes halogenated alkanes) is 1. The van der Waals surface area contributed by atoms with Crippen LogP contribution in [-0.2, 0) is 9.59 Å². The van der Waals surface area contributed by atoms with E-state index in [0.29, 0.717) is 28.6 Å². The van der Waals surface area contributed by atoms with Gasteiger partial charge < -0.3 is 14.7 Å². The fourth-order valence-corrected chi connectivity index (χ4v) is 6.15. The highest BCUT2D eigenvalue weighted by Crippen LogP contribution is 2.45. The van der Waals surface area contributed by atoms with E-state index in [1.54, 1.807) is 18.2 Å². The molecule has 1 saturated heterocycles. The van der Waals surface area contributed by atoms with Crippen LogP contribution in [0, 0.1) is 13.8 Å². The third-order valence-electron chi connectivity index (χ3n) is 7.07. The van der Waals surface area contributed by atoms with E-state index in [-0.39, 0.29) is 11.3 Å². The zero-order valence-electron chi connectivity index (χ0n) is 23.4. The zero-order valence-corrected chi connectivity index (χ0v) is 24.2. The van der Waals surface area contributed by atoms with Crippen molar-refractivity contribution in [2.75, 3.05) is 30.5 Å². The van der Waals surface area contributed by atoms with Gasteiger partial charge in [-0.2, -0.15) is 0 Å². The van der Waals surface area contributed by atoms with Gasteiger partial charge in [0.1, 0.15) is 11.5 Å². The van der Waals surface area contributed by atoms with E-state index in [1.165, 1.54) is 16.2 Å². The number of fused-ring (bicyclic) bond motifs is 1. The van der Waals surface area contributed by atoms with Crippen LogP contribution in [0.4, 0.5) is 10.8 Å². The summed E-state index contributed by atoms with van der Waals surface area (Å²) in [4.78, 5) is 35.5. The van der Waals surface area contributed by atoms with Gasteiger partial charge >= 0.3 is 5.91 Å². The van der Waals surface area contributed by atoms with Crippen molar-refractivity contribution >= 4 is 49.8 Å². The Labute approximate surface area is 238 Å². The maximum Gasteiger partial charge on any atom is 0.301 e. The third-order valence-corrected chi connectivity index (χ3v) is 8.07. The monoisotopic (exact) mass is 555 g/mol. The van der Waals surface area contributed by atoms with Crippen molar-refractivity contribution in [3.05, 3.63) is 88.5 Å². The van der Waals surface area contributed by atoms with Gasteiger partial charge in [0.2, 0.25) is 0 Å². The number of ketones is 1. The van der Waals surface area contributed by atoms with Crippen LogP contribution in [0.1, 0.15) is 48.1 Å². The van der Waals surface area contributed by atoms with Gasteiger partial charge in [0, 0.05) is 25.3 Å². The summed E-state index contributed by atoms with van der Waals surface area (Å²) in [6.07, 6.45) is 1.91. The number of nitrogens with zero attached hydrogens (tertiary/aromatic N) is 3. The number of hydrogen-bond acceptors (Lipinski definition) is 7. The number of ether oxygens (including phenoxy) is 1. The molecule has 2 heterocycles. The molecule has 0 bridgehead atoms.